The maximum Gasteiger partial charge on any atom is 0.352 e. The molecule has 1 aromatic carbocycles. The van der Waals surface area contributed by atoms with Gasteiger partial charge >= 0.3 is 5.97 Å². The summed E-state index contributed by atoms with van der Waals surface area (Å²) in [4.78, 5) is 20.0. The molecular weight excluding hydrogens is 330 g/mol. The van der Waals surface area contributed by atoms with E-state index in [9.17, 15) is 10.1 Å². The van der Waals surface area contributed by atoms with Crippen LogP contribution in [0.4, 0.5) is 0 Å². The van der Waals surface area contributed by atoms with Crippen LogP contribution in [-0.4, -0.2) is 57.3 Å². The highest BCUT2D eigenvalue weighted by Gasteiger charge is 2.15. The summed E-state index contributed by atoms with van der Waals surface area (Å²) >= 11 is 0. The Hall–Kier alpha value is -3.27. The van der Waals surface area contributed by atoms with Gasteiger partial charge in [-0.05, 0) is 11.6 Å². The first-order chi connectivity index (χ1) is 12.4. The third kappa shape index (κ3) is 6.32. The van der Waals surface area contributed by atoms with E-state index in [1.807, 2.05) is 74.4 Å². The zero-order chi connectivity index (χ0) is 19.5. The van der Waals surface area contributed by atoms with Crippen LogP contribution in [0.2, 0.25) is 0 Å². The number of nitrogens with one attached hydrogen (secondary N) is 1. The zero-order valence-corrected chi connectivity index (χ0v) is 15.9. The van der Waals surface area contributed by atoms with Gasteiger partial charge in [0.05, 0.1) is 7.11 Å². The average molecular weight is 355 g/mol. The summed E-state index contributed by atoms with van der Waals surface area (Å²) in [5.74, 6) is 0.341. The number of hydrogen-bond acceptors (Lipinski definition) is 7. The number of hydrogen-bond donors (Lipinski definition) is 1. The highest BCUT2D eigenvalue weighted by atomic mass is 16.5. The molecule has 1 rings (SSSR count). The summed E-state index contributed by atoms with van der Waals surface area (Å²) in [6.07, 6.45) is 3.33. The first-order valence-electron chi connectivity index (χ1n) is 8.00. The predicted octanol–water partition coefficient (Wildman–Crippen LogP) is 1.72. The number of benzene rings is 1. The Morgan fingerprint density at radius 2 is 1.85 bits per heavy atom. The van der Waals surface area contributed by atoms with Crippen LogP contribution in [0.5, 0.6) is 0 Å². The lowest BCUT2D eigenvalue weighted by atomic mass is 10.2. The Bertz CT molecular complexity index is 718. The lowest BCUT2D eigenvalue weighted by Crippen LogP contribution is -2.24. The normalized spacial score (nSPS) is 11.2. The highest BCUT2D eigenvalue weighted by Crippen LogP contribution is 2.08. The third-order valence-corrected chi connectivity index (χ3v) is 3.38. The number of carbonyl (C=O) groups is 1. The fraction of sp³-hybridized carbons (Fsp3) is 0.316. The van der Waals surface area contributed by atoms with Crippen molar-refractivity contribution >= 4 is 12.2 Å². The van der Waals surface area contributed by atoms with Gasteiger partial charge in [0.25, 0.3) is 0 Å². The van der Waals surface area contributed by atoms with Crippen molar-refractivity contribution in [3.05, 3.63) is 59.2 Å². The van der Waals surface area contributed by atoms with Crippen LogP contribution in [0, 0.1) is 11.3 Å². The molecule has 26 heavy (non-hydrogen) atoms. The molecule has 0 atom stereocenters. The third-order valence-electron chi connectivity index (χ3n) is 3.38. The van der Waals surface area contributed by atoms with Gasteiger partial charge in [0, 0.05) is 41.0 Å². The molecule has 0 unspecified atom stereocenters. The minimum absolute atomic E-state index is 0.163. The molecule has 0 heterocycles. The van der Waals surface area contributed by atoms with E-state index in [1.165, 1.54) is 7.11 Å². The van der Waals surface area contributed by atoms with Crippen molar-refractivity contribution in [3.63, 3.8) is 0 Å². The maximum absolute atomic E-state index is 11.9. The van der Waals surface area contributed by atoms with Crippen molar-refractivity contribution in [1.29, 1.82) is 5.26 Å². The van der Waals surface area contributed by atoms with E-state index in [1.54, 1.807) is 12.3 Å². The number of ether oxygens (including phenoxy) is 1. The van der Waals surface area contributed by atoms with Gasteiger partial charge < -0.3 is 19.9 Å². The van der Waals surface area contributed by atoms with Crippen LogP contribution < -0.4 is 5.32 Å². The quantitative estimate of drug-likeness (QED) is 0.331. The molecule has 1 aromatic rings. The Morgan fingerprint density at radius 3 is 2.35 bits per heavy atom. The number of allylic oxidation sites excluding steroid dienone is 1. The number of nitriles is 1. The molecule has 0 fully saturated rings. The molecular formula is C19H25N5O2. The second-order valence-electron chi connectivity index (χ2n) is 5.76. The molecule has 1 N–H and O–H groups in total. The molecule has 0 aliphatic heterocycles. The molecule has 0 saturated carbocycles. The van der Waals surface area contributed by atoms with Gasteiger partial charge in [-0.1, -0.05) is 30.3 Å². The molecule has 0 aliphatic carbocycles. The molecule has 0 bridgehead atoms. The molecule has 0 saturated heterocycles. The minimum atomic E-state index is -0.732. The molecule has 7 heteroatoms. The van der Waals surface area contributed by atoms with E-state index in [0.717, 1.165) is 11.4 Å². The van der Waals surface area contributed by atoms with E-state index < -0.39 is 5.97 Å². The van der Waals surface area contributed by atoms with Crippen molar-refractivity contribution < 1.29 is 9.53 Å². The molecule has 0 amide bonds. The second kappa shape index (κ2) is 10.6. The van der Waals surface area contributed by atoms with Crippen molar-refractivity contribution in [2.75, 3.05) is 35.3 Å². The van der Waals surface area contributed by atoms with Gasteiger partial charge in [0.15, 0.2) is 11.4 Å². The summed E-state index contributed by atoms with van der Waals surface area (Å²) in [6, 6.07) is 11.5. The Kier molecular flexibility index (Phi) is 8.44. The van der Waals surface area contributed by atoms with Crippen molar-refractivity contribution in [1.82, 2.24) is 15.1 Å². The molecule has 138 valence electrons. The predicted molar refractivity (Wildman–Crippen MR) is 102 cm³/mol. The van der Waals surface area contributed by atoms with E-state index in [4.69, 9.17) is 0 Å². The lowest BCUT2D eigenvalue weighted by Gasteiger charge is -2.23. The van der Waals surface area contributed by atoms with Crippen molar-refractivity contribution in [2.45, 2.75) is 6.54 Å². The van der Waals surface area contributed by atoms with Crippen LogP contribution in [0.3, 0.4) is 0 Å². The number of carbonyl (C=O) groups excluding carboxylic acids is 1. The fourth-order valence-electron chi connectivity index (χ4n) is 2.15. The average Bonchev–Trinajstić information content (AvgIpc) is 2.62. The molecule has 0 aliphatic rings. The summed E-state index contributed by atoms with van der Waals surface area (Å²) in [5.41, 5.74) is 0.824. The van der Waals surface area contributed by atoms with Gasteiger partial charge in [-0.25, -0.2) is 9.79 Å². The second-order valence-corrected chi connectivity index (χ2v) is 5.76. The summed E-state index contributed by atoms with van der Waals surface area (Å²) < 4.78 is 4.68. The smallest absolute Gasteiger partial charge is 0.352 e. The van der Waals surface area contributed by atoms with Gasteiger partial charge in [-0.2, -0.15) is 5.26 Å². The van der Waals surface area contributed by atoms with E-state index in [0.29, 0.717) is 6.54 Å². The summed E-state index contributed by atoms with van der Waals surface area (Å²) in [7, 11) is 8.89. The maximum atomic E-state index is 11.9. The van der Waals surface area contributed by atoms with Gasteiger partial charge in [-0.3, -0.25) is 0 Å². The number of aliphatic imine (C=N–C) groups is 1. The van der Waals surface area contributed by atoms with Crippen LogP contribution >= 0.6 is 0 Å². The molecule has 0 spiro atoms. The van der Waals surface area contributed by atoms with E-state index in [-0.39, 0.29) is 11.4 Å². The topological polar surface area (TPSA) is 81.0 Å². The first kappa shape index (κ1) is 20.8. The summed E-state index contributed by atoms with van der Waals surface area (Å²) in [5, 5.41) is 12.4. The van der Waals surface area contributed by atoms with Crippen LogP contribution in [-0.2, 0) is 16.1 Å². The standard InChI is InChI=1S/C19H25N5O2/c1-23(2)17(24(3)4)11-12-21-18(16(13-20)19(25)26-5)22-14-15-9-7-6-8-10-15/h6-12,22H,14H2,1-5H3/b18-16-,21-12-. The Morgan fingerprint density at radius 1 is 1.23 bits per heavy atom. The van der Waals surface area contributed by atoms with Crippen LogP contribution in [0.25, 0.3) is 0 Å². The number of esters is 1. The zero-order valence-electron chi connectivity index (χ0n) is 15.9. The van der Waals surface area contributed by atoms with Gasteiger partial charge in [-0.15, -0.1) is 0 Å². The first-order valence-corrected chi connectivity index (χ1v) is 8.00. The number of rotatable bonds is 8. The molecule has 0 aromatic heterocycles. The number of methoxy groups -OCH3 is 1. The van der Waals surface area contributed by atoms with Gasteiger partial charge in [0.2, 0.25) is 0 Å². The fourth-order valence-corrected chi connectivity index (χ4v) is 2.15. The molecule has 0 radical (unpaired) electrons. The van der Waals surface area contributed by atoms with Crippen LogP contribution in [0.15, 0.2) is 58.6 Å². The SMILES string of the molecule is COC(=O)/C(C#N)=C(/N=C\C=C(N(C)C)N(C)C)NCc1ccccc1. The molecule has 7 nitrogen and oxygen atoms in total. The van der Waals surface area contributed by atoms with Crippen LogP contribution in [0.1, 0.15) is 5.56 Å². The number of nitrogens with zero attached hydrogens (tertiary/aromatic N) is 4. The minimum Gasteiger partial charge on any atom is -0.465 e. The van der Waals surface area contributed by atoms with Gasteiger partial charge in [0.1, 0.15) is 11.9 Å². The van der Waals surface area contributed by atoms with Crippen molar-refractivity contribution in [2.24, 2.45) is 4.99 Å². The van der Waals surface area contributed by atoms with E-state index in [2.05, 4.69) is 15.0 Å². The lowest BCUT2D eigenvalue weighted by molar-refractivity contribution is -0.135. The van der Waals surface area contributed by atoms with Crippen molar-refractivity contribution in [3.8, 4) is 6.07 Å². The monoisotopic (exact) mass is 355 g/mol. The largest absolute Gasteiger partial charge is 0.465 e. The highest BCUT2D eigenvalue weighted by molar-refractivity contribution is 5.93. The Labute approximate surface area is 154 Å². The summed E-state index contributed by atoms with van der Waals surface area (Å²) in [6.45, 7) is 0.424. The Balaban J connectivity index is 3.14. The van der Waals surface area contributed by atoms with E-state index >= 15 is 0 Å².